The first-order chi connectivity index (χ1) is 12.2. The van der Waals surface area contributed by atoms with Crippen molar-refractivity contribution in [2.24, 2.45) is 0 Å². The number of aliphatic hydroxyl groups is 1. The van der Waals surface area contributed by atoms with Gasteiger partial charge >= 0.3 is 0 Å². The van der Waals surface area contributed by atoms with Crippen molar-refractivity contribution in [2.75, 3.05) is 43.6 Å². The molecule has 0 bridgehead atoms. The van der Waals surface area contributed by atoms with E-state index in [-0.39, 0.29) is 18.3 Å². The fourth-order valence-corrected chi connectivity index (χ4v) is 2.82. The lowest BCUT2D eigenvalue weighted by molar-refractivity contribution is 0.193. The molecule has 0 amide bonds. The fraction of sp³-hybridized carbons (Fsp3) is 0.444. The van der Waals surface area contributed by atoms with Crippen LogP contribution in [0.2, 0.25) is 0 Å². The Morgan fingerprint density at radius 2 is 2.12 bits per heavy atom. The number of halogens is 1. The lowest BCUT2D eigenvalue weighted by Gasteiger charge is -2.21. The molecular formula is C18H23FN4O2. The molecule has 134 valence electrons. The highest BCUT2D eigenvalue weighted by atomic mass is 19.1. The average Bonchev–Trinajstić information content (AvgIpc) is 3.16. The predicted molar refractivity (Wildman–Crippen MR) is 94.3 cm³/mol. The molecule has 1 fully saturated rings. The van der Waals surface area contributed by atoms with Crippen LogP contribution in [0.3, 0.4) is 0 Å². The van der Waals surface area contributed by atoms with E-state index in [0.717, 1.165) is 30.1 Å². The maximum absolute atomic E-state index is 13.1. The second-order valence-electron chi connectivity index (χ2n) is 6.17. The van der Waals surface area contributed by atoms with E-state index in [1.165, 1.54) is 12.1 Å². The highest BCUT2D eigenvalue weighted by Crippen LogP contribution is 2.27. The Labute approximate surface area is 146 Å². The Balaban J connectivity index is 1.81. The van der Waals surface area contributed by atoms with Crippen LogP contribution in [0.1, 0.15) is 23.6 Å². The van der Waals surface area contributed by atoms with Gasteiger partial charge in [0.05, 0.1) is 18.9 Å². The molecule has 6 nitrogen and oxygen atoms in total. The van der Waals surface area contributed by atoms with Crippen LogP contribution in [0.4, 0.5) is 16.2 Å². The summed E-state index contributed by atoms with van der Waals surface area (Å²) < 4.78 is 18.5. The molecule has 1 atom stereocenters. The maximum Gasteiger partial charge on any atom is 0.224 e. The predicted octanol–water partition coefficient (Wildman–Crippen LogP) is 2.16. The zero-order valence-corrected chi connectivity index (χ0v) is 14.3. The normalized spacial score (nSPS) is 16.8. The molecule has 7 heteroatoms. The third-order valence-electron chi connectivity index (χ3n) is 4.20. The number of aliphatic hydroxyl groups excluding tert-OH is 1. The molecule has 1 aromatic heterocycles. The Bertz CT molecular complexity index is 690. The van der Waals surface area contributed by atoms with Crippen molar-refractivity contribution in [1.82, 2.24) is 9.97 Å². The van der Waals surface area contributed by atoms with Crippen molar-refractivity contribution >= 4 is 11.8 Å². The minimum atomic E-state index is -0.243. The van der Waals surface area contributed by atoms with Gasteiger partial charge in [-0.2, -0.15) is 4.98 Å². The van der Waals surface area contributed by atoms with Crippen LogP contribution in [-0.4, -0.2) is 48.5 Å². The largest absolute Gasteiger partial charge is 0.395 e. The van der Waals surface area contributed by atoms with Crippen molar-refractivity contribution in [3.05, 3.63) is 47.4 Å². The molecule has 3 rings (SSSR count). The van der Waals surface area contributed by atoms with Crippen LogP contribution in [0.15, 0.2) is 30.3 Å². The van der Waals surface area contributed by atoms with Gasteiger partial charge in [-0.15, -0.1) is 0 Å². The van der Waals surface area contributed by atoms with Crippen LogP contribution < -0.4 is 10.2 Å². The molecule has 1 aliphatic heterocycles. The van der Waals surface area contributed by atoms with E-state index in [1.807, 2.05) is 18.0 Å². The van der Waals surface area contributed by atoms with Gasteiger partial charge in [0.25, 0.3) is 0 Å². The SMILES string of the molecule is CN(Cc1ccc(F)cc1)c1cc(C2CCOC2)nc(NCCO)n1. The van der Waals surface area contributed by atoms with Crippen molar-refractivity contribution in [2.45, 2.75) is 18.9 Å². The zero-order chi connectivity index (χ0) is 17.6. The fourth-order valence-electron chi connectivity index (χ4n) is 2.82. The van der Waals surface area contributed by atoms with Crippen LogP contribution >= 0.6 is 0 Å². The standard InChI is InChI=1S/C18H23FN4O2/c1-23(11-13-2-4-15(19)5-3-13)17-10-16(14-6-9-25-12-14)21-18(22-17)20-7-8-24/h2-5,10,14,24H,6-9,11-12H2,1H3,(H,20,21,22). The highest BCUT2D eigenvalue weighted by Gasteiger charge is 2.21. The summed E-state index contributed by atoms with van der Waals surface area (Å²) in [6.45, 7) is 2.43. The second-order valence-corrected chi connectivity index (χ2v) is 6.17. The minimum absolute atomic E-state index is 0.0148. The van der Waals surface area contributed by atoms with Gasteiger partial charge in [0.15, 0.2) is 0 Å². The van der Waals surface area contributed by atoms with E-state index in [9.17, 15) is 4.39 Å². The summed E-state index contributed by atoms with van der Waals surface area (Å²) in [4.78, 5) is 11.1. The van der Waals surface area contributed by atoms with E-state index < -0.39 is 0 Å². The van der Waals surface area contributed by atoms with Crippen LogP contribution in [0.5, 0.6) is 0 Å². The molecule has 1 unspecified atom stereocenters. The molecule has 0 radical (unpaired) electrons. The third kappa shape index (κ3) is 4.64. The molecule has 25 heavy (non-hydrogen) atoms. The molecule has 0 aliphatic carbocycles. The second kappa shape index (κ2) is 8.22. The number of nitrogens with zero attached hydrogens (tertiary/aromatic N) is 3. The summed E-state index contributed by atoms with van der Waals surface area (Å²) in [6, 6.07) is 8.43. The molecule has 0 saturated carbocycles. The Hall–Kier alpha value is -2.25. The first kappa shape index (κ1) is 17.6. The van der Waals surface area contributed by atoms with E-state index >= 15 is 0 Å². The molecule has 2 N–H and O–H groups in total. The third-order valence-corrected chi connectivity index (χ3v) is 4.20. The summed E-state index contributed by atoms with van der Waals surface area (Å²) in [6.07, 6.45) is 0.942. The number of hydrogen-bond acceptors (Lipinski definition) is 6. The first-order valence-electron chi connectivity index (χ1n) is 8.43. The maximum atomic E-state index is 13.1. The van der Waals surface area contributed by atoms with E-state index in [0.29, 0.717) is 25.6 Å². The monoisotopic (exact) mass is 346 g/mol. The van der Waals surface area contributed by atoms with Gasteiger partial charge in [0, 0.05) is 38.7 Å². The number of anilines is 2. The minimum Gasteiger partial charge on any atom is -0.395 e. The van der Waals surface area contributed by atoms with Crippen LogP contribution in [0.25, 0.3) is 0 Å². The number of rotatable bonds is 7. The van der Waals surface area contributed by atoms with E-state index in [1.54, 1.807) is 12.1 Å². The molecule has 1 aliphatic rings. The summed E-state index contributed by atoms with van der Waals surface area (Å²) in [5.41, 5.74) is 1.94. The molecule has 1 saturated heterocycles. The molecular weight excluding hydrogens is 323 g/mol. The summed E-state index contributed by atoms with van der Waals surface area (Å²) in [7, 11) is 1.94. The molecule has 2 aromatic rings. The van der Waals surface area contributed by atoms with E-state index in [4.69, 9.17) is 9.84 Å². The van der Waals surface area contributed by atoms with Gasteiger partial charge in [-0.1, -0.05) is 12.1 Å². The lowest BCUT2D eigenvalue weighted by atomic mass is 10.0. The van der Waals surface area contributed by atoms with Crippen molar-refractivity contribution in [1.29, 1.82) is 0 Å². The summed E-state index contributed by atoms with van der Waals surface area (Å²) in [5.74, 6) is 1.30. The number of aromatic nitrogens is 2. The number of ether oxygens (including phenoxy) is 1. The van der Waals surface area contributed by atoms with Crippen LogP contribution in [0, 0.1) is 5.82 Å². The molecule has 0 spiro atoms. The van der Waals surface area contributed by atoms with E-state index in [2.05, 4.69) is 15.3 Å². The smallest absolute Gasteiger partial charge is 0.224 e. The number of hydrogen-bond donors (Lipinski definition) is 2. The number of nitrogens with one attached hydrogen (secondary N) is 1. The van der Waals surface area contributed by atoms with Gasteiger partial charge in [-0.05, 0) is 24.1 Å². The van der Waals surface area contributed by atoms with Gasteiger partial charge in [-0.3, -0.25) is 0 Å². The van der Waals surface area contributed by atoms with Gasteiger partial charge in [-0.25, -0.2) is 9.37 Å². The van der Waals surface area contributed by atoms with Crippen LogP contribution in [-0.2, 0) is 11.3 Å². The Morgan fingerprint density at radius 1 is 1.32 bits per heavy atom. The van der Waals surface area contributed by atoms with Crippen molar-refractivity contribution in [3.8, 4) is 0 Å². The molecule has 2 heterocycles. The highest BCUT2D eigenvalue weighted by molar-refractivity contribution is 5.46. The first-order valence-corrected chi connectivity index (χ1v) is 8.43. The average molecular weight is 346 g/mol. The van der Waals surface area contributed by atoms with Crippen molar-refractivity contribution in [3.63, 3.8) is 0 Å². The lowest BCUT2D eigenvalue weighted by Crippen LogP contribution is -2.20. The summed E-state index contributed by atoms with van der Waals surface area (Å²) >= 11 is 0. The quantitative estimate of drug-likeness (QED) is 0.801. The summed E-state index contributed by atoms with van der Waals surface area (Å²) in [5, 5.41) is 12.1. The topological polar surface area (TPSA) is 70.5 Å². The Morgan fingerprint density at radius 3 is 2.80 bits per heavy atom. The molecule has 1 aromatic carbocycles. The van der Waals surface area contributed by atoms with Gasteiger partial charge in [0.2, 0.25) is 5.95 Å². The van der Waals surface area contributed by atoms with Crippen molar-refractivity contribution < 1.29 is 14.2 Å². The van der Waals surface area contributed by atoms with Gasteiger partial charge in [0.1, 0.15) is 11.6 Å². The Kier molecular flexibility index (Phi) is 5.78. The van der Waals surface area contributed by atoms with Gasteiger partial charge < -0.3 is 20.1 Å². The zero-order valence-electron chi connectivity index (χ0n) is 14.3. The number of benzene rings is 1.